The van der Waals surface area contributed by atoms with Gasteiger partial charge in [0.05, 0.1) is 5.56 Å². The van der Waals surface area contributed by atoms with Crippen LogP contribution in [0.5, 0.6) is 0 Å². The highest BCUT2D eigenvalue weighted by Crippen LogP contribution is 2.38. The molecule has 2 aromatic rings. The van der Waals surface area contributed by atoms with Crippen molar-refractivity contribution in [1.29, 1.82) is 0 Å². The minimum atomic E-state index is -3.71. The number of anilines is 1. The van der Waals surface area contributed by atoms with E-state index in [9.17, 15) is 18.0 Å². The summed E-state index contributed by atoms with van der Waals surface area (Å²) in [7, 11) is -3.71. The summed E-state index contributed by atoms with van der Waals surface area (Å²) in [6, 6.07) is 2.44. The topological polar surface area (TPSA) is 110 Å². The number of carbonyl (C=O) groups excluding carboxylic acids is 2. The van der Waals surface area contributed by atoms with Gasteiger partial charge in [0.15, 0.2) is 0 Å². The van der Waals surface area contributed by atoms with E-state index < -0.39 is 27.9 Å². The fourth-order valence-electron chi connectivity index (χ4n) is 4.10. The standard InChI is InChI=1S/C19H23N3O4S3/c20-17(23)16-12-6-2-1-3-8-14(12)28-19(16)21-18(24)13-7-4-10-22(13)29(25,26)15-9-5-11-27-15/h5,9,11,13H,1-4,6-8,10H2,(H2,20,23)(H,21,24). The number of aryl methyl sites for hydroxylation is 1. The number of nitrogens with two attached hydrogens (primary N) is 1. The van der Waals surface area contributed by atoms with E-state index in [2.05, 4.69) is 5.32 Å². The van der Waals surface area contributed by atoms with Gasteiger partial charge in [0.25, 0.3) is 15.9 Å². The number of nitrogens with zero attached hydrogens (tertiary/aromatic N) is 1. The zero-order chi connectivity index (χ0) is 20.6. The van der Waals surface area contributed by atoms with Gasteiger partial charge in [0.1, 0.15) is 15.3 Å². The molecular formula is C19H23N3O4S3. The number of fused-ring (bicyclic) bond motifs is 1. The number of thiophene rings is 2. The highest BCUT2D eigenvalue weighted by molar-refractivity contribution is 7.91. The molecule has 7 nitrogen and oxygen atoms in total. The summed E-state index contributed by atoms with van der Waals surface area (Å²) in [6.45, 7) is 0.307. The summed E-state index contributed by atoms with van der Waals surface area (Å²) >= 11 is 2.54. The molecule has 0 bridgehead atoms. The van der Waals surface area contributed by atoms with Gasteiger partial charge in [-0.2, -0.15) is 4.31 Å². The van der Waals surface area contributed by atoms with Crippen molar-refractivity contribution in [3.8, 4) is 0 Å². The molecule has 156 valence electrons. The second kappa shape index (κ2) is 8.17. The predicted octanol–water partition coefficient (Wildman–Crippen LogP) is 2.97. The number of amides is 2. The van der Waals surface area contributed by atoms with Crippen LogP contribution in [0.4, 0.5) is 5.00 Å². The first-order valence-electron chi connectivity index (χ1n) is 9.70. The second-order valence-corrected chi connectivity index (χ2v) is 11.5. The normalized spacial score (nSPS) is 20.2. The third kappa shape index (κ3) is 3.86. The van der Waals surface area contributed by atoms with Gasteiger partial charge in [-0.1, -0.05) is 12.5 Å². The molecule has 3 heterocycles. The maximum absolute atomic E-state index is 13.0. The number of primary amides is 1. The predicted molar refractivity (Wildman–Crippen MR) is 114 cm³/mol. The maximum atomic E-state index is 13.0. The molecule has 2 aromatic heterocycles. The Labute approximate surface area is 178 Å². The molecule has 3 N–H and O–H groups in total. The van der Waals surface area contributed by atoms with Crippen LogP contribution in [0.1, 0.15) is 52.9 Å². The molecule has 0 aromatic carbocycles. The van der Waals surface area contributed by atoms with Crippen LogP contribution in [0.3, 0.4) is 0 Å². The van der Waals surface area contributed by atoms with E-state index >= 15 is 0 Å². The first-order valence-corrected chi connectivity index (χ1v) is 12.8. The van der Waals surface area contributed by atoms with Crippen molar-refractivity contribution >= 4 is 49.5 Å². The first-order chi connectivity index (χ1) is 13.9. The fraction of sp³-hybridized carbons (Fsp3) is 0.474. The highest BCUT2D eigenvalue weighted by atomic mass is 32.2. The number of sulfonamides is 1. The van der Waals surface area contributed by atoms with Crippen molar-refractivity contribution in [1.82, 2.24) is 4.31 Å². The minimum absolute atomic E-state index is 0.234. The Kier molecular flexibility index (Phi) is 5.78. The molecule has 2 aliphatic rings. The van der Waals surface area contributed by atoms with E-state index in [-0.39, 0.29) is 4.21 Å². The zero-order valence-electron chi connectivity index (χ0n) is 15.8. The Morgan fingerprint density at radius 1 is 1.17 bits per heavy atom. The van der Waals surface area contributed by atoms with Crippen molar-refractivity contribution in [2.75, 3.05) is 11.9 Å². The van der Waals surface area contributed by atoms with Gasteiger partial charge in [0, 0.05) is 11.4 Å². The van der Waals surface area contributed by atoms with Crippen LogP contribution in [0.15, 0.2) is 21.7 Å². The van der Waals surface area contributed by atoms with Crippen molar-refractivity contribution in [2.24, 2.45) is 5.73 Å². The van der Waals surface area contributed by atoms with Gasteiger partial charge in [0.2, 0.25) is 5.91 Å². The summed E-state index contributed by atoms with van der Waals surface area (Å²) in [4.78, 5) is 26.3. The first kappa shape index (κ1) is 20.5. The lowest BCUT2D eigenvalue weighted by Crippen LogP contribution is -2.43. The van der Waals surface area contributed by atoms with Gasteiger partial charge < -0.3 is 11.1 Å². The Morgan fingerprint density at radius 3 is 2.69 bits per heavy atom. The van der Waals surface area contributed by atoms with E-state index in [1.807, 2.05) is 0 Å². The molecule has 0 saturated carbocycles. The van der Waals surface area contributed by atoms with Gasteiger partial charge in [-0.3, -0.25) is 9.59 Å². The summed E-state index contributed by atoms with van der Waals surface area (Å²) < 4.78 is 27.3. The van der Waals surface area contributed by atoms with E-state index in [4.69, 9.17) is 5.73 Å². The molecule has 1 saturated heterocycles. The van der Waals surface area contributed by atoms with Gasteiger partial charge in [-0.05, 0) is 55.5 Å². The van der Waals surface area contributed by atoms with E-state index in [0.29, 0.717) is 30.0 Å². The molecule has 10 heteroatoms. The Bertz CT molecular complexity index is 1030. The lowest BCUT2D eigenvalue weighted by molar-refractivity contribution is -0.119. The smallest absolute Gasteiger partial charge is 0.253 e. The van der Waals surface area contributed by atoms with Crippen LogP contribution in [0.25, 0.3) is 0 Å². The van der Waals surface area contributed by atoms with E-state index in [1.165, 1.54) is 15.6 Å². The Balaban J connectivity index is 1.60. The van der Waals surface area contributed by atoms with Gasteiger partial charge in [-0.15, -0.1) is 22.7 Å². The fourth-order valence-corrected chi connectivity index (χ4v) is 8.18. The number of hydrogen-bond donors (Lipinski definition) is 2. The van der Waals surface area contributed by atoms with Crippen LogP contribution in [0.2, 0.25) is 0 Å². The average molecular weight is 454 g/mol. The quantitative estimate of drug-likeness (QED) is 0.678. The van der Waals surface area contributed by atoms with Crippen molar-refractivity contribution in [3.63, 3.8) is 0 Å². The monoisotopic (exact) mass is 453 g/mol. The molecule has 1 fully saturated rings. The molecule has 1 unspecified atom stereocenters. The number of rotatable bonds is 5. The molecule has 1 aliphatic heterocycles. The van der Waals surface area contributed by atoms with Crippen LogP contribution in [-0.2, 0) is 27.7 Å². The number of nitrogens with one attached hydrogen (secondary N) is 1. The van der Waals surface area contributed by atoms with Gasteiger partial charge in [-0.25, -0.2) is 8.42 Å². The summed E-state index contributed by atoms with van der Waals surface area (Å²) in [6.07, 6.45) is 5.88. The van der Waals surface area contributed by atoms with Gasteiger partial charge >= 0.3 is 0 Å². The Morgan fingerprint density at radius 2 is 1.97 bits per heavy atom. The molecule has 4 rings (SSSR count). The summed E-state index contributed by atoms with van der Waals surface area (Å²) in [5.74, 6) is -0.948. The SMILES string of the molecule is NC(=O)c1c(NC(=O)C2CCCN2S(=O)(=O)c2cccs2)sc2c1CCCCC2. The lowest BCUT2D eigenvalue weighted by Gasteiger charge is -2.22. The van der Waals surface area contributed by atoms with Crippen LogP contribution >= 0.6 is 22.7 Å². The Hall–Kier alpha value is -1.75. The maximum Gasteiger partial charge on any atom is 0.253 e. The molecule has 1 atom stereocenters. The number of carbonyl (C=O) groups is 2. The zero-order valence-corrected chi connectivity index (χ0v) is 18.3. The van der Waals surface area contributed by atoms with Crippen LogP contribution < -0.4 is 11.1 Å². The molecule has 0 spiro atoms. The summed E-state index contributed by atoms with van der Waals surface area (Å²) in [5, 5.41) is 4.99. The van der Waals surface area contributed by atoms with Crippen molar-refractivity contribution in [3.05, 3.63) is 33.5 Å². The third-order valence-corrected chi connectivity index (χ3v) is 9.96. The van der Waals surface area contributed by atoms with E-state index in [1.54, 1.807) is 17.5 Å². The average Bonchev–Trinajstić information content (AvgIpc) is 3.39. The highest BCUT2D eigenvalue weighted by Gasteiger charge is 2.40. The molecule has 29 heavy (non-hydrogen) atoms. The second-order valence-electron chi connectivity index (χ2n) is 7.33. The van der Waals surface area contributed by atoms with Crippen LogP contribution in [-0.4, -0.2) is 37.1 Å². The van der Waals surface area contributed by atoms with Crippen molar-refractivity contribution < 1.29 is 18.0 Å². The lowest BCUT2D eigenvalue weighted by atomic mass is 10.1. The largest absolute Gasteiger partial charge is 0.365 e. The minimum Gasteiger partial charge on any atom is -0.365 e. The van der Waals surface area contributed by atoms with Crippen LogP contribution in [0, 0.1) is 0 Å². The van der Waals surface area contributed by atoms with Crippen molar-refractivity contribution in [2.45, 2.75) is 55.2 Å². The molecule has 1 aliphatic carbocycles. The van der Waals surface area contributed by atoms with E-state index in [0.717, 1.165) is 53.9 Å². The number of hydrogen-bond acceptors (Lipinski definition) is 6. The summed E-state index contributed by atoms with van der Waals surface area (Å²) in [5.41, 5.74) is 6.98. The molecular weight excluding hydrogens is 430 g/mol. The third-order valence-electron chi connectivity index (χ3n) is 5.47. The molecule has 0 radical (unpaired) electrons. The molecule has 2 amide bonds.